The zero-order chi connectivity index (χ0) is 26.8. The minimum atomic E-state index is -1.24. The molecule has 4 N–H and O–H groups in total. The molecular weight excluding hydrogens is 508 g/mol. The van der Waals surface area contributed by atoms with Crippen LogP contribution in [0.25, 0.3) is 0 Å². The summed E-state index contributed by atoms with van der Waals surface area (Å²) in [5.41, 5.74) is 0.512. The van der Waals surface area contributed by atoms with Crippen molar-refractivity contribution in [3.8, 4) is 0 Å². The highest BCUT2D eigenvalue weighted by atomic mass is 33.1. The van der Waals surface area contributed by atoms with Gasteiger partial charge in [0.15, 0.2) is 12.1 Å². The minimum Gasteiger partial charge on any atom is -0.467 e. The quantitative estimate of drug-likeness (QED) is 0.247. The van der Waals surface area contributed by atoms with E-state index in [1.807, 2.05) is 0 Å². The van der Waals surface area contributed by atoms with Gasteiger partial charge in [0.2, 0.25) is 0 Å². The molecular formula is C24H28N2O8S2. The molecule has 4 atom stereocenters. The number of hydrogen-bond donors (Lipinski definition) is 4. The Bertz CT molecular complexity index is 1010. The number of carbonyl (C=O) groups is 4. The molecule has 2 aromatic carbocycles. The maximum Gasteiger partial charge on any atom is 0.331 e. The van der Waals surface area contributed by atoms with Gasteiger partial charge in [0, 0.05) is 9.79 Å². The van der Waals surface area contributed by atoms with E-state index in [4.69, 9.17) is 0 Å². The van der Waals surface area contributed by atoms with Crippen LogP contribution < -0.4 is 10.6 Å². The predicted octanol–water partition coefficient (Wildman–Crippen LogP) is 1.79. The Morgan fingerprint density at radius 2 is 1.03 bits per heavy atom. The van der Waals surface area contributed by atoms with Gasteiger partial charge in [-0.05, 0) is 38.1 Å². The molecule has 2 rings (SSSR count). The van der Waals surface area contributed by atoms with Gasteiger partial charge in [0.05, 0.1) is 37.6 Å². The van der Waals surface area contributed by atoms with Crippen molar-refractivity contribution in [3.05, 3.63) is 59.7 Å². The third-order valence-corrected chi connectivity index (χ3v) is 7.41. The number of nitrogens with one attached hydrogen (secondary N) is 2. The van der Waals surface area contributed by atoms with Crippen LogP contribution in [0.15, 0.2) is 58.3 Å². The number of aliphatic hydroxyl groups excluding tert-OH is 2. The summed E-state index contributed by atoms with van der Waals surface area (Å²) in [6.07, 6.45) is -2.34. The van der Waals surface area contributed by atoms with E-state index in [-0.39, 0.29) is 11.1 Å². The molecule has 2 aromatic rings. The van der Waals surface area contributed by atoms with Crippen LogP contribution in [0, 0.1) is 0 Å². The normalized spacial score (nSPS) is 14.1. The Kier molecular flexibility index (Phi) is 11.2. The van der Waals surface area contributed by atoms with Crippen molar-refractivity contribution >= 4 is 45.3 Å². The number of carbonyl (C=O) groups excluding carboxylic acids is 4. The van der Waals surface area contributed by atoms with Crippen molar-refractivity contribution in [2.75, 3.05) is 14.2 Å². The maximum absolute atomic E-state index is 12.9. The first-order valence-corrected chi connectivity index (χ1v) is 12.9. The average Bonchev–Trinajstić information content (AvgIpc) is 2.87. The molecule has 0 fully saturated rings. The number of rotatable bonds is 11. The summed E-state index contributed by atoms with van der Waals surface area (Å²) in [6, 6.07) is 10.8. The number of benzene rings is 2. The van der Waals surface area contributed by atoms with Crippen molar-refractivity contribution in [2.24, 2.45) is 0 Å². The highest BCUT2D eigenvalue weighted by molar-refractivity contribution is 8.76. The van der Waals surface area contributed by atoms with E-state index in [1.54, 1.807) is 48.5 Å². The van der Waals surface area contributed by atoms with Gasteiger partial charge in [0.1, 0.15) is 0 Å². The lowest BCUT2D eigenvalue weighted by Crippen LogP contribution is -2.48. The topological polar surface area (TPSA) is 151 Å². The van der Waals surface area contributed by atoms with Crippen LogP contribution in [0.2, 0.25) is 0 Å². The Balaban J connectivity index is 2.22. The summed E-state index contributed by atoms with van der Waals surface area (Å²) in [4.78, 5) is 50.7. The monoisotopic (exact) mass is 536 g/mol. The van der Waals surface area contributed by atoms with Crippen LogP contribution in [0.3, 0.4) is 0 Å². The van der Waals surface area contributed by atoms with Crippen LogP contribution in [0.1, 0.15) is 34.6 Å². The molecule has 12 heteroatoms. The first-order chi connectivity index (χ1) is 17.1. The lowest BCUT2D eigenvalue weighted by Gasteiger charge is -2.20. The second-order valence-electron chi connectivity index (χ2n) is 7.59. The second kappa shape index (κ2) is 13.9. The van der Waals surface area contributed by atoms with Crippen molar-refractivity contribution in [3.63, 3.8) is 0 Å². The van der Waals surface area contributed by atoms with E-state index in [1.165, 1.54) is 35.4 Å². The highest BCUT2D eigenvalue weighted by Crippen LogP contribution is 2.40. The average molecular weight is 537 g/mol. The number of ether oxygens (including phenoxy) is 2. The molecule has 0 aliphatic rings. The van der Waals surface area contributed by atoms with Gasteiger partial charge >= 0.3 is 11.9 Å². The number of amides is 2. The Hall–Kier alpha value is -3.06. The fourth-order valence-electron chi connectivity index (χ4n) is 2.99. The smallest absolute Gasteiger partial charge is 0.331 e. The zero-order valence-corrected chi connectivity index (χ0v) is 21.7. The molecule has 194 valence electrons. The van der Waals surface area contributed by atoms with E-state index >= 15 is 0 Å². The molecule has 0 aliphatic heterocycles. The van der Waals surface area contributed by atoms with E-state index in [9.17, 15) is 29.4 Å². The number of esters is 2. The third-order valence-electron chi connectivity index (χ3n) is 4.93. The summed E-state index contributed by atoms with van der Waals surface area (Å²) in [5.74, 6) is -2.72. The van der Waals surface area contributed by atoms with Gasteiger partial charge < -0.3 is 30.3 Å². The molecule has 10 nitrogen and oxygen atoms in total. The van der Waals surface area contributed by atoms with E-state index in [0.717, 1.165) is 14.2 Å². The van der Waals surface area contributed by atoms with E-state index in [2.05, 4.69) is 20.1 Å². The van der Waals surface area contributed by atoms with E-state index < -0.39 is 48.0 Å². The maximum atomic E-state index is 12.9. The predicted molar refractivity (Wildman–Crippen MR) is 135 cm³/mol. The molecule has 0 bridgehead atoms. The lowest BCUT2D eigenvalue weighted by molar-refractivity contribution is -0.146. The Labute approximate surface area is 216 Å². The summed E-state index contributed by atoms with van der Waals surface area (Å²) < 4.78 is 9.28. The van der Waals surface area contributed by atoms with Crippen molar-refractivity contribution < 1.29 is 38.9 Å². The van der Waals surface area contributed by atoms with Gasteiger partial charge in [-0.15, -0.1) is 0 Å². The van der Waals surface area contributed by atoms with Gasteiger partial charge in [-0.3, -0.25) is 9.59 Å². The highest BCUT2D eigenvalue weighted by Gasteiger charge is 2.29. The van der Waals surface area contributed by atoms with Gasteiger partial charge in [-0.2, -0.15) is 0 Å². The summed E-state index contributed by atoms with van der Waals surface area (Å²) >= 11 is 0. The number of hydrogen-bond acceptors (Lipinski definition) is 10. The molecule has 0 saturated carbocycles. The minimum absolute atomic E-state index is 0.256. The fraction of sp³-hybridized carbons (Fsp3) is 0.333. The number of methoxy groups -OCH3 is 2. The zero-order valence-electron chi connectivity index (χ0n) is 20.1. The second-order valence-corrected chi connectivity index (χ2v) is 9.80. The van der Waals surface area contributed by atoms with Crippen LogP contribution >= 0.6 is 21.6 Å². The summed E-state index contributed by atoms with van der Waals surface area (Å²) in [6.45, 7) is 2.73. The first-order valence-electron chi connectivity index (χ1n) is 10.8. The first kappa shape index (κ1) is 29.2. The van der Waals surface area contributed by atoms with Gasteiger partial charge in [-0.25, -0.2) is 9.59 Å². The largest absolute Gasteiger partial charge is 0.467 e. The lowest BCUT2D eigenvalue weighted by atomic mass is 10.1. The molecule has 0 radical (unpaired) electrons. The van der Waals surface area contributed by atoms with Crippen LogP contribution in [0.5, 0.6) is 0 Å². The number of aliphatic hydroxyl groups is 2. The molecule has 0 spiro atoms. The van der Waals surface area contributed by atoms with E-state index in [0.29, 0.717) is 9.79 Å². The molecule has 0 unspecified atom stereocenters. The van der Waals surface area contributed by atoms with Crippen molar-refractivity contribution in [2.45, 2.75) is 47.9 Å². The van der Waals surface area contributed by atoms with Gasteiger partial charge in [0.25, 0.3) is 11.8 Å². The van der Waals surface area contributed by atoms with Gasteiger partial charge in [-0.1, -0.05) is 45.9 Å². The fourth-order valence-corrected chi connectivity index (χ4v) is 5.35. The summed E-state index contributed by atoms with van der Waals surface area (Å²) in [7, 11) is 4.72. The molecule has 0 aromatic heterocycles. The van der Waals surface area contributed by atoms with Crippen molar-refractivity contribution in [1.29, 1.82) is 0 Å². The summed E-state index contributed by atoms with van der Waals surface area (Å²) in [5, 5.41) is 24.7. The molecule has 36 heavy (non-hydrogen) atoms. The molecule has 0 aliphatic carbocycles. The van der Waals surface area contributed by atoms with Crippen LogP contribution in [-0.2, 0) is 19.1 Å². The molecule has 2 amide bonds. The van der Waals surface area contributed by atoms with Crippen molar-refractivity contribution in [1.82, 2.24) is 10.6 Å². The van der Waals surface area contributed by atoms with Crippen LogP contribution in [-0.4, -0.2) is 72.5 Å². The Morgan fingerprint density at radius 1 is 0.694 bits per heavy atom. The van der Waals surface area contributed by atoms with Crippen LogP contribution in [0.4, 0.5) is 0 Å². The molecule has 0 saturated heterocycles. The SMILES string of the molecule is COC(=O)[C@@H](NC(=O)c1ccccc1SSc1ccccc1C(=O)N[C@H](C(=O)OC)[C@@H](C)O)[C@@H](C)O. The molecule has 0 heterocycles. The third kappa shape index (κ3) is 7.72. The standard InChI is InChI=1S/C24H28N2O8S2/c1-13(27)19(23(31)33-3)25-21(29)15-9-5-7-11-17(15)35-36-18-12-8-6-10-16(18)22(30)26-20(14(2)28)24(32)34-4/h5-14,19-20,27-28H,1-4H3,(H,25,29)(H,26,30)/t13-,14-,19+,20+/m1/s1. The Morgan fingerprint density at radius 3 is 1.33 bits per heavy atom.